The highest BCUT2D eigenvalue weighted by Crippen LogP contribution is 2.48. The summed E-state index contributed by atoms with van der Waals surface area (Å²) < 4.78 is 5.33. The first-order valence-corrected chi connectivity index (χ1v) is 7.59. The van der Waals surface area contributed by atoms with Crippen LogP contribution in [0.2, 0.25) is 0 Å². The Morgan fingerprint density at radius 3 is 2.62 bits per heavy atom. The van der Waals surface area contributed by atoms with Gasteiger partial charge in [0.25, 0.3) is 0 Å². The predicted molar refractivity (Wildman–Crippen MR) is 82.0 cm³/mol. The molecule has 0 radical (unpaired) electrons. The van der Waals surface area contributed by atoms with Crippen LogP contribution in [0.4, 0.5) is 0 Å². The van der Waals surface area contributed by atoms with Crippen molar-refractivity contribution in [2.75, 3.05) is 0 Å². The van der Waals surface area contributed by atoms with Gasteiger partial charge in [0.05, 0.1) is 11.7 Å². The molecule has 21 heavy (non-hydrogen) atoms. The monoisotopic (exact) mass is 283 g/mol. The molecule has 1 unspecified atom stereocenters. The van der Waals surface area contributed by atoms with Crippen molar-refractivity contribution < 1.29 is 9.21 Å². The van der Waals surface area contributed by atoms with Crippen molar-refractivity contribution in [3.8, 4) is 0 Å². The van der Waals surface area contributed by atoms with Gasteiger partial charge in [0.15, 0.2) is 0 Å². The van der Waals surface area contributed by atoms with Crippen LogP contribution in [0.5, 0.6) is 0 Å². The molecule has 1 aromatic heterocycles. The number of carbonyl (C=O) groups is 1. The number of hydrogen-bond donors (Lipinski definition) is 1. The Balaban J connectivity index is 1.56. The Morgan fingerprint density at radius 2 is 2.00 bits per heavy atom. The lowest BCUT2D eigenvalue weighted by atomic mass is 9.94. The first kappa shape index (κ1) is 13.9. The van der Waals surface area contributed by atoms with Crippen molar-refractivity contribution in [3.05, 3.63) is 60.1 Å². The number of rotatable bonds is 6. The Hall–Kier alpha value is -2.03. The fraction of sp³-hybridized carbons (Fsp3) is 0.389. The second kappa shape index (κ2) is 5.76. The van der Waals surface area contributed by atoms with Gasteiger partial charge in [0, 0.05) is 12.5 Å². The molecule has 3 nitrogen and oxygen atoms in total. The summed E-state index contributed by atoms with van der Waals surface area (Å²) in [5.41, 5.74) is 0.862. The molecule has 110 valence electrons. The van der Waals surface area contributed by atoms with E-state index < -0.39 is 0 Å². The summed E-state index contributed by atoms with van der Waals surface area (Å²) in [7, 11) is 0. The van der Waals surface area contributed by atoms with Gasteiger partial charge in [0.2, 0.25) is 5.91 Å². The molecule has 2 aromatic rings. The van der Waals surface area contributed by atoms with Gasteiger partial charge in [-0.25, -0.2) is 0 Å². The van der Waals surface area contributed by atoms with Gasteiger partial charge in [0.1, 0.15) is 5.76 Å². The Morgan fingerprint density at radius 1 is 1.24 bits per heavy atom. The summed E-state index contributed by atoms with van der Waals surface area (Å²) >= 11 is 0. The number of amides is 1. The number of nitrogens with one attached hydrogen (secondary N) is 1. The van der Waals surface area contributed by atoms with Crippen LogP contribution in [0.1, 0.15) is 37.5 Å². The molecule has 1 saturated carbocycles. The smallest absolute Gasteiger partial charge is 0.230 e. The van der Waals surface area contributed by atoms with Crippen LogP contribution >= 0.6 is 0 Å². The number of aryl methyl sites for hydroxylation is 1. The van der Waals surface area contributed by atoms with Gasteiger partial charge in [-0.05, 0) is 43.9 Å². The third-order valence-electron chi connectivity index (χ3n) is 4.29. The van der Waals surface area contributed by atoms with Gasteiger partial charge in [-0.1, -0.05) is 30.3 Å². The summed E-state index contributed by atoms with van der Waals surface area (Å²) in [5.74, 6) is 1.14. The zero-order valence-corrected chi connectivity index (χ0v) is 12.3. The van der Waals surface area contributed by atoms with Crippen LogP contribution in [0.15, 0.2) is 53.1 Å². The number of hydrogen-bond acceptors (Lipinski definition) is 2. The molecule has 1 amide bonds. The average molecular weight is 283 g/mol. The van der Waals surface area contributed by atoms with Gasteiger partial charge in [-0.3, -0.25) is 4.79 Å². The van der Waals surface area contributed by atoms with Crippen molar-refractivity contribution in [1.82, 2.24) is 5.32 Å². The SMILES string of the molecule is CC(CCc1ccco1)NC(=O)C1(c2ccccc2)CC1. The van der Waals surface area contributed by atoms with E-state index in [9.17, 15) is 4.79 Å². The van der Waals surface area contributed by atoms with Crippen molar-refractivity contribution >= 4 is 5.91 Å². The minimum atomic E-state index is -0.278. The second-order valence-corrected chi connectivity index (χ2v) is 5.94. The van der Waals surface area contributed by atoms with E-state index in [0.29, 0.717) is 0 Å². The van der Waals surface area contributed by atoms with Crippen molar-refractivity contribution in [2.24, 2.45) is 0 Å². The fourth-order valence-corrected chi connectivity index (χ4v) is 2.78. The van der Waals surface area contributed by atoms with E-state index in [-0.39, 0.29) is 17.4 Å². The average Bonchev–Trinajstić information content (AvgIpc) is 3.16. The predicted octanol–water partition coefficient (Wildman–Crippen LogP) is 3.45. The molecule has 3 heteroatoms. The standard InChI is InChI=1S/C18H21NO2/c1-14(9-10-16-8-5-13-21-16)19-17(20)18(11-12-18)15-6-3-2-4-7-15/h2-8,13-14H,9-12H2,1H3,(H,19,20). The molecule has 1 aliphatic carbocycles. The van der Waals surface area contributed by atoms with Gasteiger partial charge in [-0.15, -0.1) is 0 Å². The highest BCUT2D eigenvalue weighted by Gasteiger charge is 2.51. The summed E-state index contributed by atoms with van der Waals surface area (Å²) in [4.78, 5) is 12.6. The molecule has 1 aliphatic rings. The lowest BCUT2D eigenvalue weighted by molar-refractivity contribution is -0.124. The van der Waals surface area contributed by atoms with Crippen molar-refractivity contribution in [3.63, 3.8) is 0 Å². The van der Waals surface area contributed by atoms with E-state index in [1.807, 2.05) is 30.3 Å². The molecular weight excluding hydrogens is 262 g/mol. The van der Waals surface area contributed by atoms with E-state index in [2.05, 4.69) is 24.4 Å². The fourth-order valence-electron chi connectivity index (χ4n) is 2.78. The Bertz CT molecular complexity index is 585. The van der Waals surface area contributed by atoms with E-state index in [1.165, 1.54) is 0 Å². The normalized spacial score (nSPS) is 17.2. The summed E-state index contributed by atoms with van der Waals surface area (Å²) in [6.45, 7) is 2.06. The number of furan rings is 1. The maximum absolute atomic E-state index is 12.6. The van der Waals surface area contributed by atoms with Crippen LogP contribution in [-0.2, 0) is 16.6 Å². The molecule has 1 N–H and O–H groups in total. The molecule has 0 bridgehead atoms. The van der Waals surface area contributed by atoms with Gasteiger partial charge < -0.3 is 9.73 Å². The molecular formula is C18H21NO2. The maximum Gasteiger partial charge on any atom is 0.230 e. The first-order chi connectivity index (χ1) is 10.2. The van der Waals surface area contributed by atoms with E-state index in [4.69, 9.17) is 4.42 Å². The Kier molecular flexibility index (Phi) is 3.82. The van der Waals surface area contributed by atoms with Crippen LogP contribution in [0.25, 0.3) is 0 Å². The van der Waals surface area contributed by atoms with Gasteiger partial charge >= 0.3 is 0 Å². The molecule has 3 rings (SSSR count). The summed E-state index contributed by atoms with van der Waals surface area (Å²) in [6.07, 6.45) is 5.34. The first-order valence-electron chi connectivity index (χ1n) is 7.59. The summed E-state index contributed by atoms with van der Waals surface area (Å²) in [6, 6.07) is 14.1. The van der Waals surface area contributed by atoms with Crippen LogP contribution in [-0.4, -0.2) is 11.9 Å². The topological polar surface area (TPSA) is 42.2 Å². The van der Waals surface area contributed by atoms with Gasteiger partial charge in [-0.2, -0.15) is 0 Å². The van der Waals surface area contributed by atoms with Crippen LogP contribution in [0.3, 0.4) is 0 Å². The second-order valence-electron chi connectivity index (χ2n) is 5.94. The molecule has 0 saturated heterocycles. The van der Waals surface area contributed by atoms with Crippen molar-refractivity contribution in [1.29, 1.82) is 0 Å². The minimum absolute atomic E-state index is 0.156. The minimum Gasteiger partial charge on any atom is -0.469 e. The lowest BCUT2D eigenvalue weighted by Gasteiger charge is -2.19. The molecule has 1 heterocycles. The van der Waals surface area contributed by atoms with Crippen LogP contribution in [0, 0.1) is 0 Å². The molecule has 1 aromatic carbocycles. The van der Waals surface area contributed by atoms with Crippen LogP contribution < -0.4 is 5.32 Å². The molecule has 1 fully saturated rings. The lowest BCUT2D eigenvalue weighted by Crippen LogP contribution is -2.40. The molecule has 0 aliphatic heterocycles. The van der Waals surface area contributed by atoms with Crippen molar-refractivity contribution in [2.45, 2.75) is 44.1 Å². The number of benzene rings is 1. The third kappa shape index (κ3) is 3.02. The highest BCUT2D eigenvalue weighted by molar-refractivity contribution is 5.91. The largest absolute Gasteiger partial charge is 0.469 e. The summed E-state index contributed by atoms with van der Waals surface area (Å²) in [5, 5.41) is 3.16. The quantitative estimate of drug-likeness (QED) is 0.882. The zero-order chi connectivity index (χ0) is 14.7. The molecule has 1 atom stereocenters. The Labute approximate surface area is 125 Å². The highest BCUT2D eigenvalue weighted by atomic mass is 16.3. The zero-order valence-electron chi connectivity index (χ0n) is 12.3. The molecule has 0 spiro atoms. The number of carbonyl (C=O) groups excluding carboxylic acids is 1. The third-order valence-corrected chi connectivity index (χ3v) is 4.29. The van der Waals surface area contributed by atoms with E-state index in [0.717, 1.165) is 37.0 Å². The van der Waals surface area contributed by atoms with E-state index in [1.54, 1.807) is 6.26 Å². The maximum atomic E-state index is 12.6. The van der Waals surface area contributed by atoms with E-state index >= 15 is 0 Å².